The van der Waals surface area contributed by atoms with Crippen molar-refractivity contribution in [2.45, 2.75) is 25.3 Å². The van der Waals surface area contributed by atoms with Gasteiger partial charge in [0.2, 0.25) is 0 Å². The van der Waals surface area contributed by atoms with Crippen molar-refractivity contribution in [1.82, 2.24) is 5.32 Å². The van der Waals surface area contributed by atoms with Crippen LogP contribution in [-0.2, 0) is 0 Å². The fraction of sp³-hybridized carbons (Fsp3) is 0.500. The highest BCUT2D eigenvalue weighted by Gasteiger charge is 2.40. The summed E-state index contributed by atoms with van der Waals surface area (Å²) >= 11 is 0. The van der Waals surface area contributed by atoms with E-state index >= 15 is 0 Å². The van der Waals surface area contributed by atoms with Crippen LogP contribution in [0.15, 0.2) is 30.3 Å². The third-order valence-electron chi connectivity index (χ3n) is 3.87. The molecule has 0 spiro atoms. The molecule has 0 amide bonds. The fourth-order valence-electron chi connectivity index (χ4n) is 2.33. The van der Waals surface area contributed by atoms with Crippen molar-refractivity contribution in [3.63, 3.8) is 0 Å². The number of aliphatic hydroxyl groups excluding tert-OH is 1. The van der Waals surface area contributed by atoms with Crippen LogP contribution in [0.25, 0.3) is 6.08 Å². The van der Waals surface area contributed by atoms with Gasteiger partial charge in [0.25, 0.3) is 0 Å². The maximum atomic E-state index is 9.49. The molecule has 1 aromatic rings. The number of ether oxygens (including phenoxy) is 1. The summed E-state index contributed by atoms with van der Waals surface area (Å²) in [6.07, 6.45) is 6.57. The molecule has 0 radical (unpaired) electrons. The molecule has 0 bridgehead atoms. The van der Waals surface area contributed by atoms with Gasteiger partial charge in [-0.1, -0.05) is 30.4 Å². The number of rotatable bonds is 7. The lowest BCUT2D eigenvalue weighted by molar-refractivity contribution is 0.159. The van der Waals surface area contributed by atoms with Crippen molar-refractivity contribution in [2.75, 3.05) is 20.3 Å². The summed E-state index contributed by atoms with van der Waals surface area (Å²) in [6.45, 7) is 3.05. The first-order chi connectivity index (χ1) is 9.19. The normalized spacial score (nSPS) is 18.5. The lowest BCUT2D eigenvalue weighted by atomic mass is 9.97. The lowest BCUT2D eigenvalue weighted by Crippen LogP contribution is -2.47. The molecule has 19 heavy (non-hydrogen) atoms. The number of aliphatic hydroxyl groups is 1. The molecular formula is C16H23NO2. The Hall–Kier alpha value is -1.32. The Kier molecular flexibility index (Phi) is 4.61. The first-order valence-electron chi connectivity index (χ1n) is 6.85. The predicted molar refractivity (Wildman–Crippen MR) is 78.2 cm³/mol. The summed E-state index contributed by atoms with van der Waals surface area (Å²) in [4.78, 5) is 0. The molecule has 1 aromatic carbocycles. The molecule has 1 saturated carbocycles. The zero-order chi connectivity index (χ0) is 13.7. The quantitative estimate of drug-likeness (QED) is 0.792. The number of benzene rings is 1. The van der Waals surface area contributed by atoms with E-state index < -0.39 is 0 Å². The minimum Gasteiger partial charge on any atom is -0.496 e. The Balaban J connectivity index is 1.89. The second-order valence-corrected chi connectivity index (χ2v) is 5.38. The van der Waals surface area contributed by atoms with Gasteiger partial charge >= 0.3 is 0 Å². The largest absolute Gasteiger partial charge is 0.496 e. The van der Waals surface area contributed by atoms with Crippen LogP contribution in [-0.4, -0.2) is 30.9 Å². The van der Waals surface area contributed by atoms with Crippen molar-refractivity contribution in [1.29, 1.82) is 0 Å². The minimum atomic E-state index is -0.134. The van der Waals surface area contributed by atoms with E-state index in [2.05, 4.69) is 24.4 Å². The summed E-state index contributed by atoms with van der Waals surface area (Å²) in [6, 6.07) is 7.94. The minimum absolute atomic E-state index is 0.134. The van der Waals surface area contributed by atoms with Gasteiger partial charge in [0.1, 0.15) is 5.75 Å². The van der Waals surface area contributed by atoms with Gasteiger partial charge in [-0.15, -0.1) is 0 Å². The third-order valence-corrected chi connectivity index (χ3v) is 3.87. The number of para-hydroxylation sites is 1. The zero-order valence-electron chi connectivity index (χ0n) is 11.7. The summed E-state index contributed by atoms with van der Waals surface area (Å²) in [5, 5.41) is 12.9. The molecule has 1 aliphatic carbocycles. The number of nitrogens with one attached hydrogen (secondary N) is 1. The molecule has 3 nitrogen and oxygen atoms in total. The van der Waals surface area contributed by atoms with Crippen LogP contribution in [0.5, 0.6) is 5.75 Å². The highest BCUT2D eigenvalue weighted by atomic mass is 16.5. The molecule has 104 valence electrons. The van der Waals surface area contributed by atoms with Crippen LogP contribution < -0.4 is 10.1 Å². The average molecular weight is 261 g/mol. The summed E-state index contributed by atoms with van der Waals surface area (Å²) < 4.78 is 5.30. The first-order valence-corrected chi connectivity index (χ1v) is 6.85. The molecule has 3 heteroatoms. The second-order valence-electron chi connectivity index (χ2n) is 5.38. The van der Waals surface area contributed by atoms with Crippen LogP contribution in [0, 0.1) is 5.92 Å². The topological polar surface area (TPSA) is 41.5 Å². The molecule has 1 unspecified atom stereocenters. The molecule has 0 heterocycles. The van der Waals surface area contributed by atoms with Crippen LogP contribution in [0.4, 0.5) is 0 Å². The van der Waals surface area contributed by atoms with E-state index in [9.17, 15) is 5.11 Å². The molecule has 0 saturated heterocycles. The van der Waals surface area contributed by atoms with E-state index in [1.54, 1.807) is 7.11 Å². The van der Waals surface area contributed by atoms with E-state index in [1.165, 1.54) is 12.8 Å². The highest BCUT2D eigenvalue weighted by Crippen LogP contribution is 2.39. The van der Waals surface area contributed by atoms with Gasteiger partial charge < -0.3 is 15.2 Å². The molecule has 0 aromatic heterocycles. The number of hydrogen-bond donors (Lipinski definition) is 2. The van der Waals surface area contributed by atoms with Crippen LogP contribution >= 0.6 is 0 Å². The first kappa shape index (κ1) is 14.1. The van der Waals surface area contributed by atoms with Crippen molar-refractivity contribution < 1.29 is 9.84 Å². The second kappa shape index (κ2) is 6.22. The van der Waals surface area contributed by atoms with Crippen LogP contribution in [0.2, 0.25) is 0 Å². The Morgan fingerprint density at radius 2 is 2.16 bits per heavy atom. The molecule has 1 fully saturated rings. The summed E-state index contributed by atoms with van der Waals surface area (Å²) in [7, 11) is 1.68. The monoisotopic (exact) mass is 261 g/mol. The van der Waals surface area contributed by atoms with Gasteiger partial charge in [0.15, 0.2) is 0 Å². The van der Waals surface area contributed by atoms with E-state index in [1.807, 2.05) is 24.3 Å². The summed E-state index contributed by atoms with van der Waals surface area (Å²) in [5.41, 5.74) is 0.939. The zero-order valence-corrected chi connectivity index (χ0v) is 11.7. The smallest absolute Gasteiger partial charge is 0.126 e. The van der Waals surface area contributed by atoms with Gasteiger partial charge in [-0.2, -0.15) is 0 Å². The van der Waals surface area contributed by atoms with Gasteiger partial charge in [0, 0.05) is 17.6 Å². The van der Waals surface area contributed by atoms with Crippen molar-refractivity contribution in [3.05, 3.63) is 35.9 Å². The van der Waals surface area contributed by atoms with E-state index in [0.717, 1.165) is 17.9 Å². The van der Waals surface area contributed by atoms with Crippen LogP contribution in [0.1, 0.15) is 25.3 Å². The molecule has 2 rings (SSSR count). The van der Waals surface area contributed by atoms with Gasteiger partial charge in [-0.3, -0.25) is 0 Å². The van der Waals surface area contributed by atoms with Gasteiger partial charge in [-0.25, -0.2) is 0 Å². The van der Waals surface area contributed by atoms with E-state index in [4.69, 9.17) is 4.74 Å². The van der Waals surface area contributed by atoms with Gasteiger partial charge in [0.05, 0.1) is 13.7 Å². The summed E-state index contributed by atoms with van der Waals surface area (Å²) in [5.74, 6) is 1.50. The maximum Gasteiger partial charge on any atom is 0.126 e. The van der Waals surface area contributed by atoms with Gasteiger partial charge in [-0.05, 0) is 31.7 Å². The lowest BCUT2D eigenvalue weighted by Gasteiger charge is -2.28. The van der Waals surface area contributed by atoms with Crippen molar-refractivity contribution in [3.8, 4) is 5.75 Å². The molecule has 2 N–H and O–H groups in total. The molecule has 1 atom stereocenters. The Bertz CT molecular complexity index is 440. The average Bonchev–Trinajstić information content (AvgIpc) is 3.28. The highest BCUT2D eigenvalue weighted by molar-refractivity contribution is 5.57. The Morgan fingerprint density at radius 3 is 2.79 bits per heavy atom. The Morgan fingerprint density at radius 1 is 1.42 bits per heavy atom. The maximum absolute atomic E-state index is 9.49. The SMILES string of the molecule is COc1ccccc1/C=C/CNC(C)(CO)C1CC1. The standard InChI is InChI=1S/C16H23NO2/c1-16(12-18,14-9-10-14)17-11-5-7-13-6-3-4-8-15(13)19-2/h3-8,14,17-18H,9-12H2,1-2H3/b7-5+. The molecule has 0 aliphatic heterocycles. The molecular weight excluding hydrogens is 238 g/mol. The number of methoxy groups -OCH3 is 1. The number of hydrogen-bond acceptors (Lipinski definition) is 3. The third kappa shape index (κ3) is 3.58. The predicted octanol–water partition coefficient (Wildman–Crippen LogP) is 2.46. The van der Waals surface area contributed by atoms with Crippen molar-refractivity contribution >= 4 is 6.08 Å². The molecule has 1 aliphatic rings. The fourth-order valence-corrected chi connectivity index (χ4v) is 2.33. The Labute approximate surface area is 115 Å². The van der Waals surface area contributed by atoms with E-state index in [-0.39, 0.29) is 12.1 Å². The van der Waals surface area contributed by atoms with Crippen LogP contribution in [0.3, 0.4) is 0 Å². The van der Waals surface area contributed by atoms with E-state index in [0.29, 0.717) is 5.92 Å². The van der Waals surface area contributed by atoms with Crippen molar-refractivity contribution in [2.24, 2.45) is 5.92 Å².